The molecule has 0 bridgehead atoms. The molecule has 2 rings (SSSR count). The number of pyridine rings is 1. The molecule has 0 spiro atoms. The number of Topliss-reactive ketones (excluding diaryl/α,β-unsaturated/α-hetero) is 1. The lowest BCUT2D eigenvalue weighted by molar-refractivity contribution is 0.00358. The van der Waals surface area contributed by atoms with E-state index in [1.165, 1.54) is 31.4 Å². The molecule has 0 fully saturated rings. The van der Waals surface area contributed by atoms with Crippen LogP contribution in [0.3, 0.4) is 0 Å². The Morgan fingerprint density at radius 3 is 2.42 bits per heavy atom. The second-order valence-electron chi connectivity index (χ2n) is 4.78. The number of carbonyl (C=O) groups excluding carboxylic acids is 2. The van der Waals surface area contributed by atoms with Gasteiger partial charge in [0.05, 0.1) is 19.8 Å². The maximum Gasteiger partial charge on any atom is 0.513 e. The minimum atomic E-state index is -4.02. The molecule has 6 nitrogen and oxygen atoms in total. The maximum absolute atomic E-state index is 14.8. The minimum Gasteiger partial charge on any atom is -0.481 e. The molecule has 0 amide bonds. The Morgan fingerprint density at radius 2 is 1.81 bits per heavy atom. The van der Waals surface area contributed by atoms with Crippen LogP contribution in [0, 0.1) is 0 Å². The van der Waals surface area contributed by atoms with E-state index in [1.54, 1.807) is 0 Å². The van der Waals surface area contributed by atoms with Crippen molar-refractivity contribution in [3.63, 3.8) is 0 Å². The van der Waals surface area contributed by atoms with Crippen LogP contribution in [0.15, 0.2) is 39.3 Å². The first-order chi connectivity index (χ1) is 12.2. The maximum atomic E-state index is 14.8. The van der Waals surface area contributed by atoms with E-state index < -0.39 is 29.1 Å². The third-order valence-corrected chi connectivity index (χ3v) is 4.29. The number of ketones is 1. The molecule has 0 N–H and O–H groups in total. The number of methoxy groups -OCH3 is 2. The molecule has 0 radical (unpaired) electrons. The third kappa shape index (κ3) is 4.18. The normalized spacial score (nSPS) is 11.0. The molecule has 10 heteroatoms. The highest BCUT2D eigenvalue weighted by atomic mass is 79.9. The number of halogens is 4. The number of carbonyl (C=O) groups is 2. The fourth-order valence-electron chi connectivity index (χ4n) is 1.93. The summed E-state index contributed by atoms with van der Waals surface area (Å²) < 4.78 is 44.0. The fraction of sp³-hybridized carbons (Fsp3) is 0.188. The van der Waals surface area contributed by atoms with Crippen LogP contribution in [0.2, 0.25) is 0 Å². The van der Waals surface area contributed by atoms with E-state index in [2.05, 4.69) is 41.6 Å². The highest BCUT2D eigenvalue weighted by molar-refractivity contribution is 9.10. The van der Waals surface area contributed by atoms with Gasteiger partial charge in [-0.05, 0) is 40.2 Å². The number of hydrogen-bond acceptors (Lipinski definition) is 6. The third-order valence-electron chi connectivity index (χ3n) is 3.16. The molecule has 0 aliphatic rings. The smallest absolute Gasteiger partial charge is 0.481 e. The van der Waals surface area contributed by atoms with E-state index >= 15 is 0 Å². The topological polar surface area (TPSA) is 74.7 Å². The minimum absolute atomic E-state index is 0.0794. The zero-order valence-electron chi connectivity index (χ0n) is 13.4. The van der Waals surface area contributed by atoms with Crippen molar-refractivity contribution in [3.8, 4) is 11.6 Å². The first-order valence-electron chi connectivity index (χ1n) is 6.89. The van der Waals surface area contributed by atoms with Gasteiger partial charge >= 0.3 is 12.1 Å². The van der Waals surface area contributed by atoms with Gasteiger partial charge in [-0.25, -0.2) is 9.78 Å². The van der Waals surface area contributed by atoms with Gasteiger partial charge in [-0.15, -0.1) is 0 Å². The molecular formula is C16H11Br2F2NO5. The summed E-state index contributed by atoms with van der Waals surface area (Å²) in [5.41, 5.74) is -1.34. The summed E-state index contributed by atoms with van der Waals surface area (Å²) in [6.07, 6.45) is -1.15. The predicted molar refractivity (Wildman–Crippen MR) is 93.9 cm³/mol. The monoisotopic (exact) mass is 493 g/mol. The van der Waals surface area contributed by atoms with Crippen LogP contribution in [0.5, 0.6) is 11.6 Å². The van der Waals surface area contributed by atoms with E-state index in [9.17, 15) is 18.4 Å². The van der Waals surface area contributed by atoms with Gasteiger partial charge < -0.3 is 14.2 Å². The van der Waals surface area contributed by atoms with Crippen molar-refractivity contribution in [2.24, 2.45) is 0 Å². The average Bonchev–Trinajstić information content (AvgIpc) is 2.61. The van der Waals surface area contributed by atoms with Crippen molar-refractivity contribution in [2.45, 2.75) is 5.92 Å². The summed E-state index contributed by atoms with van der Waals surface area (Å²) in [4.78, 5) is 27.5. The zero-order chi connectivity index (χ0) is 19.5. The Hall–Kier alpha value is -2.07. The molecule has 1 aromatic carbocycles. The number of nitrogens with zero attached hydrogens (tertiary/aromatic N) is 1. The Kier molecular flexibility index (Phi) is 6.30. The second kappa shape index (κ2) is 8.09. The molecule has 0 aliphatic carbocycles. The highest BCUT2D eigenvalue weighted by Gasteiger charge is 2.46. The molecule has 0 saturated heterocycles. The molecule has 2 aromatic rings. The summed E-state index contributed by atoms with van der Waals surface area (Å²) in [5, 5.41) is 0. The van der Waals surface area contributed by atoms with Gasteiger partial charge in [-0.3, -0.25) is 4.79 Å². The number of aromatic nitrogens is 1. The van der Waals surface area contributed by atoms with Gasteiger partial charge in [-0.1, -0.05) is 15.9 Å². The van der Waals surface area contributed by atoms with Crippen LogP contribution in [-0.2, 0) is 10.7 Å². The molecule has 138 valence electrons. The van der Waals surface area contributed by atoms with Gasteiger partial charge in [0.25, 0.3) is 0 Å². The fourth-order valence-corrected chi connectivity index (χ4v) is 2.74. The summed E-state index contributed by atoms with van der Waals surface area (Å²) >= 11 is 6.07. The van der Waals surface area contributed by atoms with Gasteiger partial charge in [-0.2, -0.15) is 8.78 Å². The van der Waals surface area contributed by atoms with Crippen LogP contribution in [0.25, 0.3) is 0 Å². The SMILES string of the molecule is COC(=O)Oc1cc(Br)ccc1C(=O)C(F)(F)c1nc(OC)ccc1Br. The predicted octanol–water partition coefficient (Wildman–Crippen LogP) is 4.74. The molecule has 1 aromatic heterocycles. The largest absolute Gasteiger partial charge is 0.513 e. The quantitative estimate of drug-likeness (QED) is 0.339. The van der Waals surface area contributed by atoms with E-state index in [4.69, 9.17) is 9.47 Å². The molecule has 0 aliphatic heterocycles. The van der Waals surface area contributed by atoms with Gasteiger partial charge in [0, 0.05) is 15.0 Å². The number of ether oxygens (including phenoxy) is 3. The van der Waals surface area contributed by atoms with Crippen LogP contribution in [-0.4, -0.2) is 31.1 Å². The van der Waals surface area contributed by atoms with E-state index in [1.807, 2.05) is 0 Å². The lowest BCUT2D eigenvalue weighted by Crippen LogP contribution is -2.28. The highest BCUT2D eigenvalue weighted by Crippen LogP contribution is 2.38. The van der Waals surface area contributed by atoms with Crippen molar-refractivity contribution in [2.75, 3.05) is 14.2 Å². The van der Waals surface area contributed by atoms with Crippen LogP contribution < -0.4 is 9.47 Å². The first-order valence-corrected chi connectivity index (χ1v) is 8.48. The molecule has 0 saturated carbocycles. The van der Waals surface area contributed by atoms with Gasteiger partial charge in [0.15, 0.2) is 0 Å². The lowest BCUT2D eigenvalue weighted by Gasteiger charge is -2.18. The number of benzene rings is 1. The molecule has 0 atom stereocenters. The summed E-state index contributed by atoms with van der Waals surface area (Å²) in [6, 6.07) is 6.32. The standard InChI is InChI=1S/C16H11Br2F2NO5/c1-24-12-6-5-10(18)13(21-12)16(19,20)14(22)9-4-3-8(17)7-11(9)26-15(23)25-2/h3-7H,1-2H3. The van der Waals surface area contributed by atoms with Crippen LogP contribution >= 0.6 is 31.9 Å². The molecule has 26 heavy (non-hydrogen) atoms. The first kappa shape index (κ1) is 20.2. The Labute approximate surface area is 163 Å². The molecule has 1 heterocycles. The summed E-state index contributed by atoms with van der Waals surface area (Å²) in [7, 11) is 2.31. The number of hydrogen-bond donors (Lipinski definition) is 0. The average molecular weight is 495 g/mol. The number of alkyl halides is 2. The molecule has 0 unspecified atom stereocenters. The number of rotatable bonds is 5. The van der Waals surface area contributed by atoms with E-state index in [0.29, 0.717) is 4.47 Å². The van der Waals surface area contributed by atoms with Crippen LogP contribution in [0.1, 0.15) is 16.1 Å². The Balaban J connectivity index is 2.52. The van der Waals surface area contributed by atoms with Crippen molar-refractivity contribution < 1.29 is 32.6 Å². The van der Waals surface area contributed by atoms with Crippen LogP contribution in [0.4, 0.5) is 13.6 Å². The lowest BCUT2D eigenvalue weighted by atomic mass is 10.0. The Morgan fingerprint density at radius 1 is 1.12 bits per heavy atom. The summed E-state index contributed by atoms with van der Waals surface area (Å²) in [5.74, 6) is -6.09. The Bertz CT molecular complexity index is 861. The van der Waals surface area contributed by atoms with Crippen molar-refractivity contribution in [1.82, 2.24) is 4.98 Å². The molecular weight excluding hydrogens is 484 g/mol. The van der Waals surface area contributed by atoms with Gasteiger partial charge in [0.2, 0.25) is 11.7 Å². The van der Waals surface area contributed by atoms with Crippen molar-refractivity contribution in [1.29, 1.82) is 0 Å². The van der Waals surface area contributed by atoms with Crippen molar-refractivity contribution in [3.05, 3.63) is 50.5 Å². The van der Waals surface area contributed by atoms with E-state index in [0.717, 1.165) is 13.2 Å². The van der Waals surface area contributed by atoms with E-state index in [-0.39, 0.29) is 16.1 Å². The summed E-state index contributed by atoms with van der Waals surface area (Å²) in [6.45, 7) is 0. The van der Waals surface area contributed by atoms with Gasteiger partial charge in [0.1, 0.15) is 11.4 Å². The zero-order valence-corrected chi connectivity index (χ0v) is 16.6. The van der Waals surface area contributed by atoms with Crippen molar-refractivity contribution >= 4 is 43.8 Å². The second-order valence-corrected chi connectivity index (χ2v) is 6.55.